The largest absolute Gasteiger partial charge is 0.368 e. The fraction of sp³-hybridized carbons (Fsp3) is 0.458. The minimum atomic E-state index is -3.66. The molecule has 32 heavy (non-hydrogen) atoms. The zero-order chi connectivity index (χ0) is 22.7. The number of rotatable bonds is 7. The van der Waals surface area contributed by atoms with Crippen LogP contribution in [0.5, 0.6) is 0 Å². The quantitative estimate of drug-likeness (QED) is 0.646. The molecule has 1 atom stereocenters. The van der Waals surface area contributed by atoms with Gasteiger partial charge in [0.1, 0.15) is 5.82 Å². The molecule has 0 saturated carbocycles. The first kappa shape index (κ1) is 22.7. The van der Waals surface area contributed by atoms with Gasteiger partial charge in [-0.3, -0.25) is 4.79 Å². The molecule has 172 valence electrons. The van der Waals surface area contributed by atoms with E-state index in [0.717, 1.165) is 31.5 Å². The van der Waals surface area contributed by atoms with Gasteiger partial charge in [-0.05, 0) is 68.5 Å². The highest BCUT2D eigenvalue weighted by molar-refractivity contribution is 7.89. The van der Waals surface area contributed by atoms with Gasteiger partial charge >= 0.3 is 0 Å². The van der Waals surface area contributed by atoms with Gasteiger partial charge in [-0.15, -0.1) is 0 Å². The third-order valence-corrected chi connectivity index (χ3v) is 8.41. The van der Waals surface area contributed by atoms with Crippen LogP contribution in [0.25, 0.3) is 0 Å². The van der Waals surface area contributed by atoms with Crippen molar-refractivity contribution in [1.82, 2.24) is 9.62 Å². The van der Waals surface area contributed by atoms with Crippen LogP contribution in [0.1, 0.15) is 31.7 Å². The van der Waals surface area contributed by atoms with E-state index in [-0.39, 0.29) is 16.7 Å². The molecular formula is C24H30FN3O3S. The average molecular weight is 460 g/mol. The molecule has 0 bridgehead atoms. The Morgan fingerprint density at radius 2 is 1.78 bits per heavy atom. The molecule has 0 aliphatic carbocycles. The molecule has 4 rings (SSSR count). The van der Waals surface area contributed by atoms with Gasteiger partial charge < -0.3 is 10.2 Å². The number of hydrogen-bond donors (Lipinski definition) is 1. The van der Waals surface area contributed by atoms with Gasteiger partial charge in [0.25, 0.3) is 0 Å². The highest BCUT2D eigenvalue weighted by atomic mass is 32.2. The van der Waals surface area contributed by atoms with Crippen LogP contribution >= 0.6 is 0 Å². The molecule has 1 amide bonds. The van der Waals surface area contributed by atoms with Crippen LogP contribution < -0.4 is 10.2 Å². The van der Waals surface area contributed by atoms with Crippen molar-refractivity contribution in [3.8, 4) is 0 Å². The molecule has 2 aliphatic rings. The lowest BCUT2D eigenvalue weighted by Crippen LogP contribution is -2.43. The van der Waals surface area contributed by atoms with Crippen molar-refractivity contribution in [2.24, 2.45) is 5.92 Å². The first-order valence-corrected chi connectivity index (χ1v) is 12.7. The maximum Gasteiger partial charge on any atom is 0.243 e. The standard InChI is InChI=1S/C24H30FN3O3S/c1-18-17-20-5-2-3-6-23(20)28(18)14-4-13-26-24(29)19-11-15-27(16-12-19)32(30,31)22-9-7-21(25)8-10-22/h2-3,5-10,18-19H,4,11-17H2,1H3,(H,26,29). The minimum absolute atomic E-state index is 0.00120. The highest BCUT2D eigenvalue weighted by Crippen LogP contribution is 2.31. The van der Waals surface area contributed by atoms with E-state index < -0.39 is 15.8 Å². The Hall–Kier alpha value is -2.45. The van der Waals surface area contributed by atoms with Crippen LogP contribution in [0, 0.1) is 11.7 Å². The fourth-order valence-electron chi connectivity index (χ4n) is 4.69. The topological polar surface area (TPSA) is 69.7 Å². The van der Waals surface area contributed by atoms with Gasteiger partial charge in [-0.25, -0.2) is 12.8 Å². The van der Waals surface area contributed by atoms with Crippen molar-refractivity contribution in [2.75, 3.05) is 31.1 Å². The van der Waals surface area contributed by atoms with Crippen LogP contribution in [-0.2, 0) is 21.2 Å². The lowest BCUT2D eigenvalue weighted by Gasteiger charge is -2.30. The van der Waals surface area contributed by atoms with Crippen molar-refractivity contribution < 1.29 is 17.6 Å². The lowest BCUT2D eigenvalue weighted by molar-refractivity contribution is -0.126. The van der Waals surface area contributed by atoms with E-state index in [1.807, 2.05) is 0 Å². The number of anilines is 1. The number of carbonyl (C=O) groups is 1. The molecule has 0 spiro atoms. The number of benzene rings is 2. The molecule has 2 aliphatic heterocycles. The number of piperidine rings is 1. The van der Waals surface area contributed by atoms with Crippen LogP contribution in [-0.4, -0.2) is 50.9 Å². The third-order valence-electron chi connectivity index (χ3n) is 6.50. The fourth-order valence-corrected chi connectivity index (χ4v) is 6.16. The highest BCUT2D eigenvalue weighted by Gasteiger charge is 2.32. The summed E-state index contributed by atoms with van der Waals surface area (Å²) in [7, 11) is -3.66. The minimum Gasteiger partial charge on any atom is -0.368 e. The summed E-state index contributed by atoms with van der Waals surface area (Å²) in [4.78, 5) is 15.1. The molecule has 1 N–H and O–H groups in total. The average Bonchev–Trinajstić information content (AvgIpc) is 3.12. The number of amides is 1. The monoisotopic (exact) mass is 459 g/mol. The molecule has 2 aromatic carbocycles. The number of hydrogen-bond acceptors (Lipinski definition) is 4. The first-order valence-electron chi connectivity index (χ1n) is 11.2. The third kappa shape index (κ3) is 4.81. The Kier molecular flexibility index (Phi) is 6.81. The molecule has 0 radical (unpaired) electrons. The summed E-state index contributed by atoms with van der Waals surface area (Å²) >= 11 is 0. The number of nitrogens with zero attached hydrogens (tertiary/aromatic N) is 2. The van der Waals surface area contributed by atoms with E-state index in [1.165, 1.54) is 27.7 Å². The molecule has 8 heteroatoms. The second-order valence-corrected chi connectivity index (χ2v) is 10.6. The van der Waals surface area contributed by atoms with Gasteiger partial charge in [0.15, 0.2) is 0 Å². The molecule has 1 fully saturated rings. The van der Waals surface area contributed by atoms with Crippen LogP contribution in [0.2, 0.25) is 0 Å². The van der Waals surface area contributed by atoms with Crippen molar-refractivity contribution in [3.05, 3.63) is 59.9 Å². The Balaban J connectivity index is 1.22. The first-order chi connectivity index (χ1) is 15.4. The number of halogens is 1. The van der Waals surface area contributed by atoms with Crippen molar-refractivity contribution in [2.45, 2.75) is 43.5 Å². The van der Waals surface area contributed by atoms with Crippen molar-refractivity contribution in [3.63, 3.8) is 0 Å². The second-order valence-electron chi connectivity index (χ2n) is 8.65. The zero-order valence-corrected chi connectivity index (χ0v) is 19.2. The summed E-state index contributed by atoms with van der Waals surface area (Å²) in [6, 6.07) is 13.8. The van der Waals surface area contributed by atoms with E-state index in [4.69, 9.17) is 0 Å². The summed E-state index contributed by atoms with van der Waals surface area (Å²) < 4.78 is 39.9. The van der Waals surface area contributed by atoms with Gasteiger partial charge in [-0.2, -0.15) is 4.31 Å². The van der Waals surface area contributed by atoms with Crippen LogP contribution in [0.15, 0.2) is 53.4 Å². The van der Waals surface area contributed by atoms with Gasteiger partial charge in [0.2, 0.25) is 15.9 Å². The number of nitrogens with one attached hydrogen (secondary N) is 1. The molecule has 1 saturated heterocycles. The SMILES string of the molecule is CC1Cc2ccccc2N1CCCNC(=O)C1CCN(S(=O)(=O)c2ccc(F)cc2)CC1. The molecule has 2 heterocycles. The molecule has 6 nitrogen and oxygen atoms in total. The number of para-hydroxylation sites is 1. The second kappa shape index (κ2) is 9.58. The Morgan fingerprint density at radius 3 is 2.50 bits per heavy atom. The van der Waals surface area contributed by atoms with Gasteiger partial charge in [-0.1, -0.05) is 18.2 Å². The number of sulfonamides is 1. The predicted molar refractivity (Wildman–Crippen MR) is 122 cm³/mol. The summed E-state index contributed by atoms with van der Waals surface area (Å²) in [5.41, 5.74) is 2.67. The Bertz CT molecular complexity index is 1050. The summed E-state index contributed by atoms with van der Waals surface area (Å²) in [6.07, 6.45) is 2.90. The van der Waals surface area contributed by atoms with E-state index in [2.05, 4.69) is 41.4 Å². The lowest BCUT2D eigenvalue weighted by atomic mass is 9.97. The van der Waals surface area contributed by atoms with E-state index in [1.54, 1.807) is 0 Å². The van der Waals surface area contributed by atoms with Crippen molar-refractivity contribution in [1.29, 1.82) is 0 Å². The molecule has 1 unspecified atom stereocenters. The zero-order valence-electron chi connectivity index (χ0n) is 18.3. The van der Waals surface area contributed by atoms with E-state index in [0.29, 0.717) is 38.5 Å². The van der Waals surface area contributed by atoms with Crippen LogP contribution in [0.3, 0.4) is 0 Å². The smallest absolute Gasteiger partial charge is 0.243 e. The molecule has 2 aromatic rings. The van der Waals surface area contributed by atoms with Crippen LogP contribution in [0.4, 0.5) is 10.1 Å². The van der Waals surface area contributed by atoms with Crippen molar-refractivity contribution >= 4 is 21.6 Å². The molecule has 0 aromatic heterocycles. The normalized spacial score (nSPS) is 19.7. The maximum absolute atomic E-state index is 13.1. The van der Waals surface area contributed by atoms with E-state index >= 15 is 0 Å². The number of fused-ring (bicyclic) bond motifs is 1. The summed E-state index contributed by atoms with van der Waals surface area (Å²) in [5.74, 6) is -0.650. The Labute approximate surface area is 189 Å². The Morgan fingerprint density at radius 1 is 1.09 bits per heavy atom. The van der Waals surface area contributed by atoms with Gasteiger partial charge in [0.05, 0.1) is 4.90 Å². The summed E-state index contributed by atoms with van der Waals surface area (Å²) in [5, 5.41) is 3.03. The van der Waals surface area contributed by atoms with Gasteiger partial charge in [0, 0.05) is 43.8 Å². The predicted octanol–water partition coefficient (Wildman–Crippen LogP) is 3.18. The maximum atomic E-state index is 13.1. The van der Waals surface area contributed by atoms with E-state index in [9.17, 15) is 17.6 Å². The molecular weight excluding hydrogens is 429 g/mol. The number of carbonyl (C=O) groups excluding carboxylic acids is 1. The summed E-state index contributed by atoms with van der Waals surface area (Å²) in [6.45, 7) is 4.32.